The lowest BCUT2D eigenvalue weighted by atomic mass is 9.95. The summed E-state index contributed by atoms with van der Waals surface area (Å²) >= 11 is 0. The molecule has 0 spiro atoms. The lowest BCUT2D eigenvalue weighted by Gasteiger charge is -2.13. The van der Waals surface area contributed by atoms with Crippen LogP contribution < -0.4 is 0 Å². The second-order valence-electron chi connectivity index (χ2n) is 7.99. The Labute approximate surface area is 188 Å². The Morgan fingerprint density at radius 3 is 2.03 bits per heavy atom. The van der Waals surface area contributed by atoms with Crippen molar-refractivity contribution >= 4 is 0 Å². The van der Waals surface area contributed by atoms with E-state index in [1.54, 1.807) is 24.3 Å². The first-order valence-electron chi connectivity index (χ1n) is 10.7. The van der Waals surface area contributed by atoms with E-state index in [0.717, 1.165) is 37.3 Å². The zero-order chi connectivity index (χ0) is 24.2. The summed E-state index contributed by atoms with van der Waals surface area (Å²) in [4.78, 5) is 0. The van der Waals surface area contributed by atoms with Gasteiger partial charge in [-0.1, -0.05) is 50.1 Å². The summed E-state index contributed by atoms with van der Waals surface area (Å²) < 4.78 is 81.5. The molecule has 0 saturated heterocycles. The van der Waals surface area contributed by atoms with Crippen LogP contribution in [0, 0.1) is 17.5 Å². The van der Waals surface area contributed by atoms with E-state index >= 15 is 4.39 Å². The minimum atomic E-state index is -4.83. The summed E-state index contributed by atoms with van der Waals surface area (Å²) in [7, 11) is 0. The van der Waals surface area contributed by atoms with E-state index < -0.39 is 34.9 Å². The van der Waals surface area contributed by atoms with E-state index in [1.165, 1.54) is 0 Å². The number of halogens is 6. The van der Waals surface area contributed by atoms with Crippen molar-refractivity contribution in [1.82, 2.24) is 0 Å². The van der Waals surface area contributed by atoms with Gasteiger partial charge in [0.1, 0.15) is 17.5 Å². The molecular weight excluding hydrogens is 442 g/mol. The van der Waals surface area contributed by atoms with Crippen molar-refractivity contribution in [2.24, 2.45) is 0 Å². The Kier molecular flexibility index (Phi) is 7.72. The molecule has 33 heavy (non-hydrogen) atoms. The molecule has 175 valence electrons. The Hall–Kier alpha value is -2.96. The maximum Gasteiger partial charge on any atom is 0.419 e. The molecule has 0 N–H and O–H groups in total. The average molecular weight is 465 g/mol. The highest BCUT2D eigenvalue weighted by Crippen LogP contribution is 2.37. The molecule has 0 bridgehead atoms. The molecule has 0 aliphatic rings. The van der Waals surface area contributed by atoms with E-state index in [9.17, 15) is 27.1 Å². The van der Waals surface area contributed by atoms with Crippen LogP contribution >= 0.6 is 0 Å². The Morgan fingerprint density at radius 2 is 1.42 bits per heavy atom. The van der Waals surface area contributed by atoms with Crippen LogP contribution in [0.2, 0.25) is 0 Å². The van der Waals surface area contributed by atoms with Gasteiger partial charge in [0.15, 0.2) is 5.75 Å². The normalized spacial score (nSPS) is 11.7. The van der Waals surface area contributed by atoms with Crippen LogP contribution in [0.15, 0.2) is 48.5 Å². The fourth-order valence-corrected chi connectivity index (χ4v) is 3.77. The molecule has 3 aromatic rings. The number of unbranched alkanes of at least 4 members (excludes halogenated alkanes) is 2. The van der Waals surface area contributed by atoms with Crippen LogP contribution in [-0.2, 0) is 30.5 Å². The Balaban J connectivity index is 1.83. The van der Waals surface area contributed by atoms with Gasteiger partial charge in [0.25, 0.3) is 0 Å². The largest absolute Gasteiger partial charge is 0.419 e. The van der Waals surface area contributed by atoms with Gasteiger partial charge in [0, 0.05) is 11.6 Å². The molecule has 0 unspecified atom stereocenters. The molecule has 0 aliphatic carbocycles. The molecule has 3 rings (SSSR count). The standard InChI is InChI=1S/C26H23F6O/c1-2-3-4-5-16-6-10-18(11-7-16)24-23(33)15-21(27)19(25(24)29)12-8-17-9-13-20(22(28)14-17)26(30,31)32/h6-7,9-11,13-15H,2-5,8,12H2,1H3. The molecule has 7 heteroatoms. The third kappa shape index (κ3) is 5.89. The van der Waals surface area contributed by atoms with E-state index in [-0.39, 0.29) is 29.5 Å². The topological polar surface area (TPSA) is 19.9 Å². The predicted molar refractivity (Wildman–Crippen MR) is 114 cm³/mol. The highest BCUT2D eigenvalue weighted by Gasteiger charge is 2.33. The highest BCUT2D eigenvalue weighted by atomic mass is 19.4. The monoisotopic (exact) mass is 465 g/mol. The molecule has 0 saturated carbocycles. The van der Waals surface area contributed by atoms with Crippen molar-refractivity contribution in [3.05, 3.63) is 88.2 Å². The summed E-state index contributed by atoms with van der Waals surface area (Å²) in [6, 6.07) is 9.93. The van der Waals surface area contributed by atoms with E-state index in [4.69, 9.17) is 0 Å². The molecule has 0 atom stereocenters. The minimum absolute atomic E-state index is 0.100. The summed E-state index contributed by atoms with van der Waals surface area (Å²) in [5, 5.41) is 12.3. The minimum Gasteiger partial charge on any atom is -0.289 e. The average Bonchev–Trinajstić information content (AvgIpc) is 2.74. The summed E-state index contributed by atoms with van der Waals surface area (Å²) in [5.41, 5.74) is -0.504. The van der Waals surface area contributed by atoms with Gasteiger partial charge in [-0.3, -0.25) is 5.11 Å². The lowest BCUT2D eigenvalue weighted by molar-refractivity contribution is -0.140. The van der Waals surface area contributed by atoms with E-state index in [0.29, 0.717) is 23.8 Å². The fourth-order valence-electron chi connectivity index (χ4n) is 3.77. The van der Waals surface area contributed by atoms with Crippen LogP contribution in [0.3, 0.4) is 0 Å². The third-order valence-electron chi connectivity index (χ3n) is 5.59. The van der Waals surface area contributed by atoms with Gasteiger partial charge in [-0.25, -0.2) is 13.2 Å². The number of rotatable bonds is 8. The first kappa shape index (κ1) is 24.7. The van der Waals surface area contributed by atoms with E-state index in [2.05, 4.69) is 6.92 Å². The summed E-state index contributed by atoms with van der Waals surface area (Å²) in [5.74, 6) is -4.29. The van der Waals surface area contributed by atoms with Gasteiger partial charge >= 0.3 is 6.18 Å². The van der Waals surface area contributed by atoms with E-state index in [1.807, 2.05) is 0 Å². The first-order chi connectivity index (χ1) is 15.6. The second kappa shape index (κ2) is 10.3. The van der Waals surface area contributed by atoms with Crippen LogP contribution in [0.1, 0.15) is 48.4 Å². The van der Waals surface area contributed by atoms with Crippen LogP contribution in [0.5, 0.6) is 5.75 Å². The Morgan fingerprint density at radius 1 is 0.758 bits per heavy atom. The predicted octanol–water partition coefficient (Wildman–Crippen LogP) is 8.45. The zero-order valence-corrected chi connectivity index (χ0v) is 18.0. The fraction of sp³-hybridized carbons (Fsp3) is 0.308. The number of alkyl halides is 3. The molecule has 0 fully saturated rings. The molecule has 0 heterocycles. The lowest BCUT2D eigenvalue weighted by Crippen LogP contribution is -2.08. The number of aryl methyl sites for hydroxylation is 2. The maximum atomic E-state index is 15.2. The molecule has 0 aliphatic heterocycles. The summed E-state index contributed by atoms with van der Waals surface area (Å²) in [6.45, 7) is 2.10. The van der Waals surface area contributed by atoms with Gasteiger partial charge in [-0.15, -0.1) is 0 Å². The van der Waals surface area contributed by atoms with Crippen LogP contribution in [-0.4, -0.2) is 0 Å². The van der Waals surface area contributed by atoms with Crippen molar-refractivity contribution < 1.29 is 31.4 Å². The molecular formula is C26H23F6O. The highest BCUT2D eigenvalue weighted by molar-refractivity contribution is 5.72. The van der Waals surface area contributed by atoms with Crippen molar-refractivity contribution in [1.29, 1.82) is 0 Å². The molecule has 1 radical (unpaired) electrons. The van der Waals surface area contributed by atoms with Gasteiger partial charge in [-0.05, 0) is 54.5 Å². The Bertz CT molecular complexity index is 1100. The van der Waals surface area contributed by atoms with Gasteiger partial charge < -0.3 is 0 Å². The number of hydrogen-bond acceptors (Lipinski definition) is 0. The van der Waals surface area contributed by atoms with Crippen LogP contribution in [0.25, 0.3) is 11.1 Å². The molecule has 0 amide bonds. The second-order valence-corrected chi connectivity index (χ2v) is 7.99. The van der Waals surface area contributed by atoms with Gasteiger partial charge in [0.2, 0.25) is 0 Å². The van der Waals surface area contributed by atoms with Crippen molar-refractivity contribution in [2.75, 3.05) is 0 Å². The summed E-state index contributed by atoms with van der Waals surface area (Å²) in [6.07, 6.45) is -1.13. The number of hydrogen-bond donors (Lipinski definition) is 0. The van der Waals surface area contributed by atoms with Crippen LogP contribution in [0.4, 0.5) is 26.3 Å². The van der Waals surface area contributed by atoms with Crippen molar-refractivity contribution in [2.45, 2.75) is 51.6 Å². The zero-order valence-electron chi connectivity index (χ0n) is 18.0. The molecule has 1 nitrogen and oxygen atoms in total. The third-order valence-corrected chi connectivity index (χ3v) is 5.59. The van der Waals surface area contributed by atoms with Gasteiger partial charge in [0.05, 0.1) is 11.1 Å². The van der Waals surface area contributed by atoms with Crippen molar-refractivity contribution in [3.63, 3.8) is 0 Å². The molecule has 0 aromatic heterocycles. The first-order valence-corrected chi connectivity index (χ1v) is 10.7. The maximum absolute atomic E-state index is 15.2. The SMILES string of the molecule is CCCCCc1ccc(-c2c([O])cc(F)c(CCc3ccc(C(F)(F)F)c(F)c3)c2F)cc1. The van der Waals surface area contributed by atoms with Crippen molar-refractivity contribution in [3.8, 4) is 16.9 Å². The smallest absolute Gasteiger partial charge is 0.289 e. The number of benzene rings is 3. The quantitative estimate of drug-likeness (QED) is 0.235. The molecule has 3 aromatic carbocycles. The van der Waals surface area contributed by atoms with Gasteiger partial charge in [-0.2, -0.15) is 13.2 Å².